The second kappa shape index (κ2) is 10.2. The molecule has 0 saturated carbocycles. The maximum absolute atomic E-state index is 13.7. The van der Waals surface area contributed by atoms with Crippen LogP contribution in [0.25, 0.3) is 11.1 Å². The Hall–Kier alpha value is -4.64. The monoisotopic (exact) mass is 501 g/mol. The van der Waals surface area contributed by atoms with Crippen LogP contribution in [0.15, 0.2) is 83.7 Å². The summed E-state index contributed by atoms with van der Waals surface area (Å²) in [5.74, 6) is -1.04. The molecule has 37 heavy (non-hydrogen) atoms. The highest BCUT2D eigenvalue weighted by Crippen LogP contribution is 2.32. The average molecular weight is 502 g/mol. The van der Waals surface area contributed by atoms with Gasteiger partial charge in [0.2, 0.25) is 0 Å². The zero-order valence-electron chi connectivity index (χ0n) is 20.1. The lowest BCUT2D eigenvalue weighted by Gasteiger charge is -2.19. The second-order valence-corrected chi connectivity index (χ2v) is 8.65. The Morgan fingerprint density at radius 1 is 0.946 bits per heavy atom. The SMILES string of the molecule is Cc1ccc(Cn2c(NC(=O)c3ccc(-c4ccccc4)cc3)cc(C(F)(F)F)c(C#N)c2=O)c(C)c1. The molecular formula is C29H22F3N3O2. The Kier molecular flexibility index (Phi) is 6.98. The molecule has 186 valence electrons. The first kappa shape index (κ1) is 25.5. The van der Waals surface area contributed by atoms with Crippen molar-refractivity contribution in [1.29, 1.82) is 5.26 Å². The number of nitrogens with zero attached hydrogens (tertiary/aromatic N) is 2. The van der Waals surface area contributed by atoms with Crippen LogP contribution < -0.4 is 10.9 Å². The molecule has 0 saturated heterocycles. The number of aromatic nitrogens is 1. The van der Waals surface area contributed by atoms with Gasteiger partial charge in [-0.05, 0) is 54.3 Å². The Balaban J connectivity index is 1.76. The van der Waals surface area contributed by atoms with Crippen molar-refractivity contribution < 1.29 is 18.0 Å². The summed E-state index contributed by atoms with van der Waals surface area (Å²) in [5.41, 5.74) is 0.911. The number of nitrogens with one attached hydrogen (secondary N) is 1. The van der Waals surface area contributed by atoms with E-state index in [-0.39, 0.29) is 17.9 Å². The number of anilines is 1. The number of benzene rings is 3. The maximum Gasteiger partial charge on any atom is 0.418 e. The van der Waals surface area contributed by atoms with E-state index < -0.39 is 28.8 Å². The number of halogens is 3. The van der Waals surface area contributed by atoms with Gasteiger partial charge in [0.15, 0.2) is 0 Å². The summed E-state index contributed by atoms with van der Waals surface area (Å²) in [6.07, 6.45) is -4.96. The first-order valence-electron chi connectivity index (χ1n) is 11.4. The molecule has 0 spiro atoms. The summed E-state index contributed by atoms with van der Waals surface area (Å²) in [6.45, 7) is 3.58. The van der Waals surface area contributed by atoms with E-state index in [9.17, 15) is 28.0 Å². The number of carbonyl (C=O) groups is 1. The molecule has 0 aliphatic carbocycles. The Labute approximate surface area is 211 Å². The molecule has 0 unspecified atom stereocenters. The molecule has 4 aromatic rings. The van der Waals surface area contributed by atoms with Gasteiger partial charge in [-0.1, -0.05) is 66.2 Å². The minimum absolute atomic E-state index is 0.125. The van der Waals surface area contributed by atoms with Crippen molar-refractivity contribution in [2.75, 3.05) is 5.32 Å². The molecule has 0 aliphatic rings. The van der Waals surface area contributed by atoms with Gasteiger partial charge in [-0.2, -0.15) is 18.4 Å². The molecule has 0 fully saturated rings. The summed E-state index contributed by atoms with van der Waals surface area (Å²) < 4.78 is 42.1. The number of aryl methyl sites for hydroxylation is 2. The van der Waals surface area contributed by atoms with Crippen molar-refractivity contribution in [3.05, 3.63) is 123 Å². The van der Waals surface area contributed by atoms with E-state index in [2.05, 4.69) is 5.32 Å². The number of hydrogen-bond acceptors (Lipinski definition) is 3. The zero-order chi connectivity index (χ0) is 26.7. The van der Waals surface area contributed by atoms with Gasteiger partial charge >= 0.3 is 6.18 Å². The normalized spacial score (nSPS) is 11.1. The fourth-order valence-corrected chi connectivity index (χ4v) is 4.07. The van der Waals surface area contributed by atoms with Gasteiger partial charge in [0, 0.05) is 5.56 Å². The summed E-state index contributed by atoms with van der Waals surface area (Å²) in [4.78, 5) is 26.1. The quantitative estimate of drug-likeness (QED) is 0.348. The number of rotatable bonds is 5. The maximum atomic E-state index is 13.7. The lowest BCUT2D eigenvalue weighted by molar-refractivity contribution is -0.137. The summed E-state index contributed by atoms with van der Waals surface area (Å²) in [7, 11) is 0. The second-order valence-electron chi connectivity index (χ2n) is 8.65. The number of pyridine rings is 1. The molecule has 0 radical (unpaired) electrons. The molecule has 8 heteroatoms. The van der Waals surface area contributed by atoms with Crippen LogP contribution in [0.2, 0.25) is 0 Å². The zero-order valence-corrected chi connectivity index (χ0v) is 20.1. The molecule has 1 amide bonds. The van der Waals surface area contributed by atoms with Crippen LogP contribution in [0.4, 0.5) is 19.0 Å². The van der Waals surface area contributed by atoms with Crippen LogP contribution in [-0.2, 0) is 12.7 Å². The van der Waals surface area contributed by atoms with E-state index in [1.807, 2.05) is 56.3 Å². The molecule has 5 nitrogen and oxygen atoms in total. The van der Waals surface area contributed by atoms with Crippen LogP contribution in [0.3, 0.4) is 0 Å². The number of amides is 1. The average Bonchev–Trinajstić information content (AvgIpc) is 2.87. The van der Waals surface area contributed by atoms with Crippen molar-refractivity contribution in [1.82, 2.24) is 4.57 Å². The Bertz CT molecular complexity index is 1570. The van der Waals surface area contributed by atoms with Crippen LogP contribution in [0, 0.1) is 25.2 Å². The van der Waals surface area contributed by atoms with Gasteiger partial charge in [0.25, 0.3) is 11.5 Å². The van der Waals surface area contributed by atoms with Crippen LogP contribution in [0.1, 0.15) is 38.2 Å². The summed E-state index contributed by atoms with van der Waals surface area (Å²) >= 11 is 0. The molecule has 0 bridgehead atoms. The first-order chi connectivity index (χ1) is 17.6. The van der Waals surface area contributed by atoms with Gasteiger partial charge in [-0.15, -0.1) is 0 Å². The minimum Gasteiger partial charge on any atom is -0.308 e. The lowest BCUT2D eigenvalue weighted by Crippen LogP contribution is -2.31. The third-order valence-corrected chi connectivity index (χ3v) is 6.04. The van der Waals surface area contributed by atoms with E-state index in [1.54, 1.807) is 30.3 Å². The van der Waals surface area contributed by atoms with E-state index >= 15 is 0 Å². The van der Waals surface area contributed by atoms with Crippen LogP contribution >= 0.6 is 0 Å². The minimum atomic E-state index is -4.96. The van der Waals surface area contributed by atoms with E-state index in [1.165, 1.54) is 6.07 Å². The number of alkyl halides is 3. The fourth-order valence-electron chi connectivity index (χ4n) is 4.07. The number of carbonyl (C=O) groups excluding carboxylic acids is 1. The predicted molar refractivity (Wildman–Crippen MR) is 135 cm³/mol. The van der Waals surface area contributed by atoms with Crippen molar-refractivity contribution in [2.45, 2.75) is 26.6 Å². The third kappa shape index (κ3) is 5.46. The van der Waals surface area contributed by atoms with E-state index in [0.29, 0.717) is 11.6 Å². The summed E-state index contributed by atoms with van der Waals surface area (Å²) in [5, 5.41) is 11.8. The molecular weight excluding hydrogens is 479 g/mol. The molecule has 1 heterocycles. The highest BCUT2D eigenvalue weighted by atomic mass is 19.4. The standard InChI is InChI=1S/C29H22F3N3O2/c1-18-8-9-23(19(2)14-18)17-35-26(15-25(29(30,31)32)24(16-33)28(35)37)34-27(36)22-12-10-21(11-13-22)20-6-4-3-5-7-20/h3-15H,17H2,1-2H3,(H,34,36). The van der Waals surface area contributed by atoms with Gasteiger partial charge < -0.3 is 5.32 Å². The van der Waals surface area contributed by atoms with Crippen molar-refractivity contribution in [3.8, 4) is 17.2 Å². The smallest absolute Gasteiger partial charge is 0.308 e. The van der Waals surface area contributed by atoms with Crippen LogP contribution in [-0.4, -0.2) is 10.5 Å². The Morgan fingerprint density at radius 3 is 2.19 bits per heavy atom. The highest BCUT2D eigenvalue weighted by molar-refractivity contribution is 6.04. The molecule has 1 aromatic heterocycles. The van der Waals surface area contributed by atoms with Crippen molar-refractivity contribution in [2.24, 2.45) is 0 Å². The summed E-state index contributed by atoms with van der Waals surface area (Å²) in [6, 6.07) is 23.5. The van der Waals surface area contributed by atoms with Gasteiger partial charge in [0.05, 0.1) is 12.1 Å². The van der Waals surface area contributed by atoms with Crippen molar-refractivity contribution >= 4 is 11.7 Å². The lowest BCUT2D eigenvalue weighted by atomic mass is 10.0. The number of hydrogen-bond donors (Lipinski definition) is 1. The fraction of sp³-hybridized carbons (Fsp3) is 0.138. The van der Waals surface area contributed by atoms with Gasteiger partial charge in [-0.25, -0.2) is 0 Å². The Morgan fingerprint density at radius 2 is 1.59 bits per heavy atom. The first-order valence-corrected chi connectivity index (χ1v) is 11.4. The topological polar surface area (TPSA) is 74.9 Å². The molecule has 0 aliphatic heterocycles. The largest absolute Gasteiger partial charge is 0.418 e. The van der Waals surface area contributed by atoms with Gasteiger partial charge in [-0.3, -0.25) is 14.2 Å². The molecule has 3 aromatic carbocycles. The van der Waals surface area contributed by atoms with Gasteiger partial charge in [0.1, 0.15) is 17.5 Å². The van der Waals surface area contributed by atoms with Crippen molar-refractivity contribution in [3.63, 3.8) is 0 Å². The highest BCUT2D eigenvalue weighted by Gasteiger charge is 2.36. The van der Waals surface area contributed by atoms with E-state index in [0.717, 1.165) is 26.8 Å². The molecule has 0 atom stereocenters. The molecule has 4 rings (SSSR count). The third-order valence-electron chi connectivity index (χ3n) is 6.04. The van der Waals surface area contributed by atoms with E-state index in [4.69, 9.17) is 0 Å². The molecule has 1 N–H and O–H groups in total. The van der Waals surface area contributed by atoms with Crippen LogP contribution in [0.5, 0.6) is 0 Å². The predicted octanol–water partition coefficient (Wildman–Crippen LogP) is 6.32. The number of nitriles is 1.